The summed E-state index contributed by atoms with van der Waals surface area (Å²) in [4.78, 5) is 28.1. The summed E-state index contributed by atoms with van der Waals surface area (Å²) in [6.07, 6.45) is 4.09. The summed E-state index contributed by atoms with van der Waals surface area (Å²) in [6, 6.07) is 8.11. The lowest BCUT2D eigenvalue weighted by molar-refractivity contribution is -0.122. The first kappa shape index (κ1) is 19.3. The van der Waals surface area contributed by atoms with Gasteiger partial charge in [-0.05, 0) is 64.3 Å². The van der Waals surface area contributed by atoms with Crippen LogP contribution in [0.1, 0.15) is 53.4 Å². The van der Waals surface area contributed by atoms with Crippen molar-refractivity contribution < 1.29 is 9.59 Å². The van der Waals surface area contributed by atoms with Crippen LogP contribution in [0.4, 0.5) is 11.4 Å². The molecule has 1 N–H and O–H groups in total. The molecule has 0 aliphatic carbocycles. The Morgan fingerprint density at radius 3 is 2.20 bits per heavy atom. The highest BCUT2D eigenvalue weighted by Crippen LogP contribution is 2.24. The van der Waals surface area contributed by atoms with Crippen molar-refractivity contribution in [3.8, 4) is 0 Å². The Balaban J connectivity index is 1.99. The van der Waals surface area contributed by atoms with E-state index in [9.17, 15) is 9.59 Å². The van der Waals surface area contributed by atoms with Crippen LogP contribution in [0.3, 0.4) is 0 Å². The van der Waals surface area contributed by atoms with E-state index < -0.39 is 0 Å². The van der Waals surface area contributed by atoms with E-state index in [1.165, 1.54) is 24.9 Å². The number of piperidine rings is 1. The minimum absolute atomic E-state index is 0.0383. The maximum atomic E-state index is 12.0. The SMILES string of the molecule is CC(=O)N(CCC(=O)NC(C)(C)C)c1ccc(N2CCCCC2)cc1. The van der Waals surface area contributed by atoms with E-state index in [0.717, 1.165) is 18.8 Å². The average Bonchev–Trinajstić information content (AvgIpc) is 2.54. The number of rotatable bonds is 5. The number of hydrogen-bond acceptors (Lipinski definition) is 3. The second-order valence-corrected chi connectivity index (χ2v) is 7.78. The Bertz CT molecular complexity index is 584. The first-order valence-electron chi connectivity index (χ1n) is 9.20. The third-order valence-electron chi connectivity index (χ3n) is 4.34. The normalized spacial score (nSPS) is 15.0. The predicted molar refractivity (Wildman–Crippen MR) is 103 cm³/mol. The molecule has 1 aliphatic rings. The van der Waals surface area contributed by atoms with Gasteiger partial charge in [0.15, 0.2) is 0 Å². The van der Waals surface area contributed by atoms with Crippen LogP contribution in [0, 0.1) is 0 Å². The maximum Gasteiger partial charge on any atom is 0.223 e. The molecule has 1 aromatic rings. The molecule has 5 nitrogen and oxygen atoms in total. The van der Waals surface area contributed by atoms with Gasteiger partial charge in [0.2, 0.25) is 11.8 Å². The van der Waals surface area contributed by atoms with E-state index in [1.54, 1.807) is 11.8 Å². The first-order chi connectivity index (χ1) is 11.8. The van der Waals surface area contributed by atoms with Crippen molar-refractivity contribution in [2.45, 2.75) is 58.9 Å². The van der Waals surface area contributed by atoms with Gasteiger partial charge in [-0.1, -0.05) is 0 Å². The van der Waals surface area contributed by atoms with Crippen molar-refractivity contribution in [2.24, 2.45) is 0 Å². The van der Waals surface area contributed by atoms with Crippen LogP contribution in [0.25, 0.3) is 0 Å². The summed E-state index contributed by atoms with van der Waals surface area (Å²) in [5.41, 5.74) is 1.79. The molecule has 2 rings (SSSR count). The number of anilines is 2. The fraction of sp³-hybridized carbons (Fsp3) is 0.600. The molecule has 0 radical (unpaired) electrons. The molecule has 0 aromatic heterocycles. The molecule has 0 atom stereocenters. The van der Waals surface area contributed by atoms with Gasteiger partial charge < -0.3 is 15.1 Å². The molecule has 0 spiro atoms. The van der Waals surface area contributed by atoms with E-state index in [2.05, 4.69) is 22.3 Å². The zero-order valence-corrected chi connectivity index (χ0v) is 16.0. The third kappa shape index (κ3) is 6.07. The summed E-state index contributed by atoms with van der Waals surface area (Å²) in [7, 11) is 0. The Morgan fingerprint density at radius 1 is 1.08 bits per heavy atom. The Labute approximate surface area is 151 Å². The van der Waals surface area contributed by atoms with Crippen molar-refractivity contribution >= 4 is 23.2 Å². The van der Waals surface area contributed by atoms with Crippen LogP contribution < -0.4 is 15.1 Å². The lowest BCUT2D eigenvalue weighted by Crippen LogP contribution is -2.42. The van der Waals surface area contributed by atoms with Gasteiger partial charge in [0, 0.05) is 49.9 Å². The van der Waals surface area contributed by atoms with Crippen LogP contribution in [0.5, 0.6) is 0 Å². The molecule has 1 heterocycles. The van der Waals surface area contributed by atoms with Crippen LogP contribution >= 0.6 is 0 Å². The van der Waals surface area contributed by atoms with Gasteiger partial charge in [-0.3, -0.25) is 9.59 Å². The maximum absolute atomic E-state index is 12.0. The number of benzene rings is 1. The zero-order valence-electron chi connectivity index (χ0n) is 16.0. The van der Waals surface area contributed by atoms with Crippen LogP contribution in [0.15, 0.2) is 24.3 Å². The highest BCUT2D eigenvalue weighted by Gasteiger charge is 2.18. The molecule has 0 bridgehead atoms. The van der Waals surface area contributed by atoms with Crippen molar-refractivity contribution in [1.29, 1.82) is 0 Å². The van der Waals surface area contributed by atoms with Gasteiger partial charge in [0.05, 0.1) is 0 Å². The smallest absolute Gasteiger partial charge is 0.223 e. The number of hydrogen-bond donors (Lipinski definition) is 1. The lowest BCUT2D eigenvalue weighted by Gasteiger charge is -2.29. The monoisotopic (exact) mass is 345 g/mol. The number of carbonyl (C=O) groups is 2. The van der Waals surface area contributed by atoms with Crippen LogP contribution in [-0.2, 0) is 9.59 Å². The quantitative estimate of drug-likeness (QED) is 0.890. The van der Waals surface area contributed by atoms with E-state index in [4.69, 9.17) is 0 Å². The van der Waals surface area contributed by atoms with E-state index in [1.807, 2.05) is 32.9 Å². The topological polar surface area (TPSA) is 52.7 Å². The first-order valence-corrected chi connectivity index (χ1v) is 9.20. The number of nitrogens with zero attached hydrogens (tertiary/aromatic N) is 2. The minimum atomic E-state index is -0.256. The molecule has 1 aliphatic heterocycles. The molecule has 1 aromatic carbocycles. The van der Waals surface area contributed by atoms with Gasteiger partial charge in [-0.15, -0.1) is 0 Å². The molecular weight excluding hydrogens is 314 g/mol. The minimum Gasteiger partial charge on any atom is -0.372 e. The van der Waals surface area contributed by atoms with Gasteiger partial charge >= 0.3 is 0 Å². The van der Waals surface area contributed by atoms with Gasteiger partial charge in [0.25, 0.3) is 0 Å². The number of nitrogens with one attached hydrogen (secondary N) is 1. The highest BCUT2D eigenvalue weighted by atomic mass is 16.2. The van der Waals surface area contributed by atoms with Crippen LogP contribution in [-0.4, -0.2) is 37.0 Å². The van der Waals surface area contributed by atoms with E-state index in [0.29, 0.717) is 13.0 Å². The molecule has 1 fully saturated rings. The van der Waals surface area contributed by atoms with Crippen molar-refractivity contribution in [2.75, 3.05) is 29.4 Å². The van der Waals surface area contributed by atoms with Crippen molar-refractivity contribution in [1.82, 2.24) is 5.32 Å². The number of amides is 2. The predicted octanol–water partition coefficient (Wildman–Crippen LogP) is 3.33. The molecule has 2 amide bonds. The molecule has 0 unspecified atom stereocenters. The van der Waals surface area contributed by atoms with Gasteiger partial charge in [-0.25, -0.2) is 0 Å². The molecule has 5 heteroatoms. The summed E-state index contributed by atoms with van der Waals surface area (Å²) < 4.78 is 0. The second kappa shape index (κ2) is 8.37. The molecule has 0 saturated carbocycles. The van der Waals surface area contributed by atoms with Gasteiger partial charge in [0.1, 0.15) is 0 Å². The lowest BCUT2D eigenvalue weighted by atomic mass is 10.1. The average molecular weight is 345 g/mol. The molecular formula is C20H31N3O2. The standard InChI is InChI=1S/C20H31N3O2/c1-16(24)23(15-12-19(25)21-20(2,3)4)18-10-8-17(9-11-18)22-13-6-5-7-14-22/h8-11H,5-7,12-15H2,1-4H3,(H,21,25). The molecule has 1 saturated heterocycles. The van der Waals surface area contributed by atoms with Crippen molar-refractivity contribution in [3.63, 3.8) is 0 Å². The fourth-order valence-corrected chi connectivity index (χ4v) is 3.16. The molecule has 25 heavy (non-hydrogen) atoms. The fourth-order valence-electron chi connectivity index (χ4n) is 3.16. The Kier molecular flexibility index (Phi) is 6.45. The van der Waals surface area contributed by atoms with Crippen molar-refractivity contribution in [3.05, 3.63) is 24.3 Å². The largest absolute Gasteiger partial charge is 0.372 e. The number of carbonyl (C=O) groups excluding carboxylic acids is 2. The highest BCUT2D eigenvalue weighted by molar-refractivity contribution is 5.92. The summed E-state index contributed by atoms with van der Waals surface area (Å²) in [5.74, 6) is -0.0852. The van der Waals surface area contributed by atoms with Gasteiger partial charge in [-0.2, -0.15) is 0 Å². The Morgan fingerprint density at radius 2 is 1.68 bits per heavy atom. The molecule has 138 valence electrons. The second-order valence-electron chi connectivity index (χ2n) is 7.78. The Hall–Kier alpha value is -2.04. The zero-order chi connectivity index (χ0) is 18.4. The van der Waals surface area contributed by atoms with E-state index >= 15 is 0 Å². The summed E-state index contributed by atoms with van der Waals surface area (Å²) in [6.45, 7) is 9.99. The van der Waals surface area contributed by atoms with E-state index in [-0.39, 0.29) is 17.4 Å². The third-order valence-corrected chi connectivity index (χ3v) is 4.34. The summed E-state index contributed by atoms with van der Waals surface area (Å²) in [5, 5.41) is 2.93. The summed E-state index contributed by atoms with van der Waals surface area (Å²) >= 11 is 0. The van der Waals surface area contributed by atoms with Crippen LogP contribution in [0.2, 0.25) is 0 Å².